The van der Waals surface area contributed by atoms with E-state index in [0.29, 0.717) is 10.4 Å². The molecule has 1 amide bonds. The molecule has 0 aliphatic carbocycles. The van der Waals surface area contributed by atoms with E-state index in [1.54, 1.807) is 30.4 Å². The van der Waals surface area contributed by atoms with Crippen molar-refractivity contribution in [3.05, 3.63) is 94.2 Å². The molecule has 24 heavy (non-hydrogen) atoms. The van der Waals surface area contributed by atoms with Crippen molar-refractivity contribution >= 4 is 34.8 Å². The van der Waals surface area contributed by atoms with Gasteiger partial charge in [0.1, 0.15) is 0 Å². The van der Waals surface area contributed by atoms with Crippen molar-refractivity contribution in [2.75, 3.05) is 5.32 Å². The van der Waals surface area contributed by atoms with E-state index in [-0.39, 0.29) is 11.7 Å². The summed E-state index contributed by atoms with van der Waals surface area (Å²) in [4.78, 5) is 24.7. The van der Waals surface area contributed by atoms with Crippen LogP contribution in [-0.4, -0.2) is 11.7 Å². The minimum atomic E-state index is -0.118. The SMILES string of the molecule is O=C(/C=C/c1ccc(NC(=O)c2cccs2)cc1)c1ccccc1. The molecule has 1 N–H and O–H groups in total. The fraction of sp³-hybridized carbons (Fsp3) is 0. The number of carbonyl (C=O) groups excluding carboxylic acids is 2. The number of carbonyl (C=O) groups is 2. The van der Waals surface area contributed by atoms with E-state index in [2.05, 4.69) is 5.32 Å². The highest BCUT2D eigenvalue weighted by molar-refractivity contribution is 7.12. The summed E-state index contributed by atoms with van der Waals surface area (Å²) in [7, 11) is 0. The Morgan fingerprint density at radius 1 is 0.875 bits per heavy atom. The third kappa shape index (κ3) is 4.06. The van der Waals surface area contributed by atoms with Crippen LogP contribution in [0.4, 0.5) is 5.69 Å². The third-order valence-electron chi connectivity index (χ3n) is 3.40. The lowest BCUT2D eigenvalue weighted by molar-refractivity contribution is 0.102. The van der Waals surface area contributed by atoms with Gasteiger partial charge >= 0.3 is 0 Å². The molecule has 0 spiro atoms. The smallest absolute Gasteiger partial charge is 0.265 e. The van der Waals surface area contributed by atoms with Crippen LogP contribution in [-0.2, 0) is 0 Å². The molecular formula is C20H15NO2S. The molecule has 0 radical (unpaired) electrons. The summed E-state index contributed by atoms with van der Waals surface area (Å²) in [6.07, 6.45) is 3.31. The molecule has 0 atom stereocenters. The Kier molecular flexibility index (Phi) is 4.99. The Balaban J connectivity index is 1.63. The summed E-state index contributed by atoms with van der Waals surface area (Å²) in [5.74, 6) is -0.154. The summed E-state index contributed by atoms with van der Waals surface area (Å²) in [6, 6.07) is 20.1. The first kappa shape index (κ1) is 15.9. The van der Waals surface area contributed by atoms with Gasteiger partial charge in [0.05, 0.1) is 4.88 Å². The van der Waals surface area contributed by atoms with Gasteiger partial charge in [-0.15, -0.1) is 11.3 Å². The van der Waals surface area contributed by atoms with Crippen molar-refractivity contribution in [2.45, 2.75) is 0 Å². The predicted octanol–water partition coefficient (Wildman–Crippen LogP) is 4.90. The van der Waals surface area contributed by atoms with E-state index < -0.39 is 0 Å². The van der Waals surface area contributed by atoms with E-state index in [1.807, 2.05) is 53.9 Å². The predicted molar refractivity (Wildman–Crippen MR) is 98.5 cm³/mol. The number of amides is 1. The van der Waals surface area contributed by atoms with E-state index in [0.717, 1.165) is 11.3 Å². The van der Waals surface area contributed by atoms with Crippen molar-refractivity contribution < 1.29 is 9.59 Å². The zero-order valence-corrected chi connectivity index (χ0v) is 13.6. The van der Waals surface area contributed by atoms with E-state index >= 15 is 0 Å². The number of ketones is 1. The molecule has 0 bridgehead atoms. The maximum absolute atomic E-state index is 12.0. The van der Waals surface area contributed by atoms with Crippen LogP contribution in [0.1, 0.15) is 25.6 Å². The van der Waals surface area contributed by atoms with Gasteiger partial charge in [-0.3, -0.25) is 9.59 Å². The van der Waals surface area contributed by atoms with Crippen LogP contribution in [0, 0.1) is 0 Å². The highest BCUT2D eigenvalue weighted by atomic mass is 32.1. The van der Waals surface area contributed by atoms with E-state index in [1.165, 1.54) is 11.3 Å². The maximum atomic E-state index is 12.0. The molecule has 4 heteroatoms. The second-order valence-corrected chi connectivity index (χ2v) is 6.06. The fourth-order valence-corrected chi connectivity index (χ4v) is 2.77. The number of thiophene rings is 1. The summed E-state index contributed by atoms with van der Waals surface area (Å²) in [5.41, 5.74) is 2.28. The number of rotatable bonds is 5. The molecular weight excluding hydrogens is 318 g/mol. The highest BCUT2D eigenvalue weighted by Crippen LogP contribution is 2.15. The number of benzene rings is 2. The maximum Gasteiger partial charge on any atom is 0.265 e. The van der Waals surface area contributed by atoms with Gasteiger partial charge in [0.15, 0.2) is 5.78 Å². The van der Waals surface area contributed by atoms with Gasteiger partial charge < -0.3 is 5.32 Å². The van der Waals surface area contributed by atoms with Gasteiger partial charge in [-0.25, -0.2) is 0 Å². The molecule has 0 saturated heterocycles. The molecule has 0 aliphatic rings. The summed E-state index contributed by atoms with van der Waals surface area (Å²) in [6.45, 7) is 0. The Morgan fingerprint density at radius 3 is 2.29 bits per heavy atom. The molecule has 0 fully saturated rings. The monoisotopic (exact) mass is 333 g/mol. The fourth-order valence-electron chi connectivity index (χ4n) is 2.15. The van der Waals surface area contributed by atoms with Crippen LogP contribution in [0.15, 0.2) is 78.2 Å². The van der Waals surface area contributed by atoms with Crippen LogP contribution in [0.2, 0.25) is 0 Å². The van der Waals surface area contributed by atoms with Crippen molar-refractivity contribution in [2.24, 2.45) is 0 Å². The lowest BCUT2D eigenvalue weighted by Crippen LogP contribution is -2.09. The Labute approximate surface area is 144 Å². The second kappa shape index (κ2) is 7.53. The average Bonchev–Trinajstić information content (AvgIpc) is 3.16. The standard InChI is InChI=1S/C20H15NO2S/c22-18(16-5-2-1-3-6-16)13-10-15-8-11-17(12-9-15)21-20(23)19-7-4-14-24-19/h1-14H,(H,21,23)/b13-10+. The van der Waals surface area contributed by atoms with Crippen molar-refractivity contribution in [1.29, 1.82) is 0 Å². The lowest BCUT2D eigenvalue weighted by Gasteiger charge is -2.03. The number of allylic oxidation sites excluding steroid dienone is 1. The Hall–Kier alpha value is -2.98. The summed E-state index contributed by atoms with van der Waals surface area (Å²) < 4.78 is 0. The average molecular weight is 333 g/mol. The normalized spacial score (nSPS) is 10.7. The quantitative estimate of drug-likeness (QED) is 0.533. The van der Waals surface area contributed by atoms with Crippen LogP contribution < -0.4 is 5.32 Å². The number of hydrogen-bond acceptors (Lipinski definition) is 3. The van der Waals surface area contributed by atoms with Gasteiger partial charge in [0.25, 0.3) is 5.91 Å². The van der Waals surface area contributed by atoms with Crippen molar-refractivity contribution in [1.82, 2.24) is 0 Å². The molecule has 2 aromatic carbocycles. The van der Waals surface area contributed by atoms with Gasteiger partial charge in [-0.1, -0.05) is 54.6 Å². The first-order valence-electron chi connectivity index (χ1n) is 7.45. The van der Waals surface area contributed by atoms with E-state index in [9.17, 15) is 9.59 Å². The second-order valence-electron chi connectivity index (χ2n) is 5.12. The van der Waals surface area contributed by atoms with Gasteiger partial charge in [0, 0.05) is 11.3 Å². The Bertz CT molecular complexity index is 850. The minimum Gasteiger partial charge on any atom is -0.321 e. The van der Waals surface area contributed by atoms with Crippen LogP contribution >= 0.6 is 11.3 Å². The molecule has 0 saturated carbocycles. The molecule has 118 valence electrons. The molecule has 1 heterocycles. The first-order valence-corrected chi connectivity index (χ1v) is 8.33. The van der Waals surface area contributed by atoms with Crippen LogP contribution in [0.25, 0.3) is 6.08 Å². The zero-order chi connectivity index (χ0) is 16.8. The molecule has 0 unspecified atom stereocenters. The molecule has 0 aliphatic heterocycles. The third-order valence-corrected chi connectivity index (χ3v) is 4.27. The zero-order valence-electron chi connectivity index (χ0n) is 12.8. The van der Waals surface area contributed by atoms with Crippen molar-refractivity contribution in [3.8, 4) is 0 Å². The largest absolute Gasteiger partial charge is 0.321 e. The lowest BCUT2D eigenvalue weighted by atomic mass is 10.1. The molecule has 3 rings (SSSR count). The van der Waals surface area contributed by atoms with Crippen molar-refractivity contribution in [3.63, 3.8) is 0 Å². The number of nitrogens with one attached hydrogen (secondary N) is 1. The van der Waals surface area contributed by atoms with Gasteiger partial charge in [-0.2, -0.15) is 0 Å². The number of hydrogen-bond donors (Lipinski definition) is 1. The molecule has 1 aromatic heterocycles. The van der Waals surface area contributed by atoms with Crippen LogP contribution in [0.5, 0.6) is 0 Å². The van der Waals surface area contributed by atoms with Gasteiger partial charge in [0.2, 0.25) is 0 Å². The van der Waals surface area contributed by atoms with Crippen LogP contribution in [0.3, 0.4) is 0 Å². The van der Waals surface area contributed by atoms with Gasteiger partial charge in [-0.05, 0) is 35.2 Å². The summed E-state index contributed by atoms with van der Waals surface area (Å²) >= 11 is 1.40. The first-order chi connectivity index (χ1) is 11.7. The minimum absolute atomic E-state index is 0.0364. The highest BCUT2D eigenvalue weighted by Gasteiger charge is 2.06. The molecule has 3 aromatic rings. The topological polar surface area (TPSA) is 46.2 Å². The Morgan fingerprint density at radius 2 is 1.62 bits per heavy atom. The van der Waals surface area contributed by atoms with E-state index in [4.69, 9.17) is 0 Å². The summed E-state index contributed by atoms with van der Waals surface area (Å²) in [5, 5.41) is 4.71. The number of anilines is 1. The molecule has 3 nitrogen and oxygen atoms in total.